The Morgan fingerprint density at radius 1 is 1.24 bits per heavy atom. The van der Waals surface area contributed by atoms with Gasteiger partial charge in [-0.1, -0.05) is 11.6 Å². The molecule has 3 aromatic rings. The van der Waals surface area contributed by atoms with Crippen molar-refractivity contribution in [2.24, 2.45) is 0 Å². The molecule has 0 saturated carbocycles. The van der Waals surface area contributed by atoms with Crippen molar-refractivity contribution in [1.82, 2.24) is 14.9 Å². The summed E-state index contributed by atoms with van der Waals surface area (Å²) in [5, 5.41) is 0.492. The number of nitrogens with one attached hydrogen (secondary N) is 1. The fourth-order valence-electron chi connectivity index (χ4n) is 4.16. The number of hydrogen-bond donors (Lipinski definition) is 1. The summed E-state index contributed by atoms with van der Waals surface area (Å²) in [5.74, 6) is 1.38. The standard InChI is InChI=1S/C24H23ClN4O4/c1-15-10-17(13-27-23(15)25)29-8-9-32-21-4-3-18(11-20(21)29)33-19-6-7-28(14-19)24(31)16-2-5-22(30)26-12-16/h2-5,10-13,19H,6-9,14H2,1H3,(H,26,30). The molecule has 170 valence electrons. The number of ether oxygens (including phenoxy) is 2. The van der Waals surface area contributed by atoms with Gasteiger partial charge in [0.25, 0.3) is 5.91 Å². The number of carbonyl (C=O) groups is 1. The van der Waals surface area contributed by atoms with Gasteiger partial charge in [-0.2, -0.15) is 0 Å². The molecule has 1 amide bonds. The largest absolute Gasteiger partial charge is 0.490 e. The van der Waals surface area contributed by atoms with Crippen LogP contribution in [0.4, 0.5) is 11.4 Å². The summed E-state index contributed by atoms with van der Waals surface area (Å²) in [5.41, 5.74) is 2.99. The Kier molecular flexibility index (Phi) is 5.68. The average molecular weight is 467 g/mol. The second-order valence-corrected chi connectivity index (χ2v) is 8.51. The number of rotatable bonds is 4. The average Bonchev–Trinajstić information content (AvgIpc) is 3.29. The van der Waals surface area contributed by atoms with Crippen molar-refractivity contribution >= 4 is 28.9 Å². The number of anilines is 2. The number of aromatic amines is 1. The van der Waals surface area contributed by atoms with E-state index in [0.29, 0.717) is 42.7 Å². The zero-order valence-electron chi connectivity index (χ0n) is 18.1. The van der Waals surface area contributed by atoms with Gasteiger partial charge in [-0.25, -0.2) is 4.98 Å². The maximum Gasteiger partial charge on any atom is 0.255 e. The van der Waals surface area contributed by atoms with E-state index in [0.717, 1.165) is 29.1 Å². The predicted molar refractivity (Wildman–Crippen MR) is 125 cm³/mol. The number of pyridine rings is 2. The number of aromatic nitrogens is 2. The summed E-state index contributed by atoms with van der Waals surface area (Å²) < 4.78 is 12.1. The van der Waals surface area contributed by atoms with Crippen LogP contribution in [0, 0.1) is 6.92 Å². The molecule has 1 aromatic carbocycles. The second-order valence-electron chi connectivity index (χ2n) is 8.15. The number of aryl methyl sites for hydroxylation is 1. The van der Waals surface area contributed by atoms with Gasteiger partial charge in [0.05, 0.1) is 36.2 Å². The molecule has 0 spiro atoms. The van der Waals surface area contributed by atoms with Gasteiger partial charge >= 0.3 is 0 Å². The molecule has 1 unspecified atom stereocenters. The normalized spacial score (nSPS) is 17.5. The molecule has 4 heterocycles. The molecule has 1 saturated heterocycles. The maximum absolute atomic E-state index is 12.7. The molecule has 1 N–H and O–H groups in total. The van der Waals surface area contributed by atoms with Gasteiger partial charge in [0, 0.05) is 31.3 Å². The van der Waals surface area contributed by atoms with Crippen molar-refractivity contribution in [1.29, 1.82) is 0 Å². The van der Waals surface area contributed by atoms with E-state index in [-0.39, 0.29) is 17.6 Å². The predicted octanol–water partition coefficient (Wildman–Crippen LogP) is 3.56. The van der Waals surface area contributed by atoms with Gasteiger partial charge < -0.3 is 24.3 Å². The van der Waals surface area contributed by atoms with Crippen molar-refractivity contribution in [3.8, 4) is 11.5 Å². The first-order valence-electron chi connectivity index (χ1n) is 10.8. The van der Waals surface area contributed by atoms with Crippen LogP contribution in [-0.4, -0.2) is 53.1 Å². The van der Waals surface area contributed by atoms with E-state index in [4.69, 9.17) is 21.1 Å². The van der Waals surface area contributed by atoms with Gasteiger partial charge in [0.2, 0.25) is 5.56 Å². The van der Waals surface area contributed by atoms with Crippen molar-refractivity contribution in [3.05, 3.63) is 75.4 Å². The SMILES string of the molecule is Cc1cc(N2CCOc3ccc(OC4CCN(C(=O)c5ccc(=O)[nH]c5)C4)cc32)cnc1Cl. The van der Waals surface area contributed by atoms with Gasteiger partial charge in [-0.15, -0.1) is 0 Å². The fraction of sp³-hybridized carbons (Fsp3) is 0.292. The zero-order valence-corrected chi connectivity index (χ0v) is 18.8. The van der Waals surface area contributed by atoms with Crippen LogP contribution in [0.5, 0.6) is 11.5 Å². The number of likely N-dealkylation sites (tertiary alicyclic amines) is 1. The Hall–Kier alpha value is -3.52. The monoisotopic (exact) mass is 466 g/mol. The topological polar surface area (TPSA) is 87.8 Å². The second kappa shape index (κ2) is 8.78. The molecule has 2 aromatic heterocycles. The number of benzene rings is 1. The highest BCUT2D eigenvalue weighted by Gasteiger charge is 2.29. The first-order valence-corrected chi connectivity index (χ1v) is 11.2. The first kappa shape index (κ1) is 21.3. The summed E-state index contributed by atoms with van der Waals surface area (Å²) in [6, 6.07) is 10.7. The van der Waals surface area contributed by atoms with Crippen molar-refractivity contribution in [2.45, 2.75) is 19.4 Å². The van der Waals surface area contributed by atoms with E-state index in [1.165, 1.54) is 12.3 Å². The quantitative estimate of drug-likeness (QED) is 0.591. The van der Waals surface area contributed by atoms with Crippen LogP contribution in [0.3, 0.4) is 0 Å². The van der Waals surface area contributed by atoms with Crippen LogP contribution in [0.25, 0.3) is 0 Å². The Labute approximate surface area is 195 Å². The summed E-state index contributed by atoms with van der Waals surface area (Å²) in [7, 11) is 0. The van der Waals surface area contributed by atoms with E-state index < -0.39 is 0 Å². The van der Waals surface area contributed by atoms with Crippen LogP contribution >= 0.6 is 11.6 Å². The molecule has 2 aliphatic heterocycles. The smallest absolute Gasteiger partial charge is 0.255 e. The Balaban J connectivity index is 1.31. The molecule has 0 aliphatic carbocycles. The zero-order chi connectivity index (χ0) is 22.9. The van der Waals surface area contributed by atoms with Crippen LogP contribution < -0.4 is 19.9 Å². The maximum atomic E-state index is 12.7. The molecule has 9 heteroatoms. The van der Waals surface area contributed by atoms with E-state index in [2.05, 4.69) is 14.9 Å². The van der Waals surface area contributed by atoms with Crippen LogP contribution in [0.2, 0.25) is 5.15 Å². The number of carbonyl (C=O) groups excluding carboxylic acids is 1. The lowest BCUT2D eigenvalue weighted by Gasteiger charge is -2.31. The van der Waals surface area contributed by atoms with Gasteiger partial charge in [-0.05, 0) is 36.8 Å². The van der Waals surface area contributed by atoms with Crippen LogP contribution in [-0.2, 0) is 0 Å². The lowest BCUT2D eigenvalue weighted by molar-refractivity contribution is 0.0772. The van der Waals surface area contributed by atoms with Crippen molar-refractivity contribution < 1.29 is 14.3 Å². The minimum Gasteiger partial charge on any atom is -0.490 e. The Bertz CT molecular complexity index is 1240. The fourth-order valence-corrected chi connectivity index (χ4v) is 4.26. The number of hydrogen-bond acceptors (Lipinski definition) is 6. The molecule has 5 rings (SSSR count). The molecular weight excluding hydrogens is 444 g/mol. The summed E-state index contributed by atoms with van der Waals surface area (Å²) in [6.07, 6.45) is 3.82. The Morgan fingerprint density at radius 3 is 2.91 bits per heavy atom. The molecule has 1 fully saturated rings. The highest BCUT2D eigenvalue weighted by atomic mass is 35.5. The third-order valence-corrected chi connectivity index (χ3v) is 6.27. The molecule has 1 atom stereocenters. The third kappa shape index (κ3) is 4.39. The number of nitrogens with zero attached hydrogens (tertiary/aromatic N) is 3. The van der Waals surface area contributed by atoms with Gasteiger partial charge in [-0.3, -0.25) is 9.59 Å². The van der Waals surface area contributed by atoms with E-state index >= 15 is 0 Å². The van der Waals surface area contributed by atoms with E-state index in [1.807, 2.05) is 31.2 Å². The minimum absolute atomic E-state index is 0.118. The van der Waals surface area contributed by atoms with Crippen molar-refractivity contribution in [2.75, 3.05) is 31.1 Å². The minimum atomic E-state index is -0.232. The summed E-state index contributed by atoms with van der Waals surface area (Å²) >= 11 is 6.10. The number of amides is 1. The lowest BCUT2D eigenvalue weighted by atomic mass is 10.2. The highest BCUT2D eigenvalue weighted by Crippen LogP contribution is 2.40. The molecule has 2 aliphatic rings. The summed E-state index contributed by atoms with van der Waals surface area (Å²) in [6.45, 7) is 4.26. The molecule has 0 bridgehead atoms. The molecule has 0 radical (unpaired) electrons. The molecule has 8 nitrogen and oxygen atoms in total. The number of halogens is 1. The van der Waals surface area contributed by atoms with Crippen molar-refractivity contribution in [3.63, 3.8) is 0 Å². The van der Waals surface area contributed by atoms with Gasteiger partial charge in [0.15, 0.2) is 0 Å². The first-order chi connectivity index (χ1) is 16.0. The Morgan fingerprint density at radius 2 is 2.12 bits per heavy atom. The van der Waals surface area contributed by atoms with E-state index in [9.17, 15) is 9.59 Å². The van der Waals surface area contributed by atoms with E-state index in [1.54, 1.807) is 17.2 Å². The highest BCUT2D eigenvalue weighted by molar-refractivity contribution is 6.30. The molecule has 33 heavy (non-hydrogen) atoms. The van der Waals surface area contributed by atoms with Gasteiger partial charge in [0.1, 0.15) is 29.4 Å². The summed E-state index contributed by atoms with van der Waals surface area (Å²) in [4.78, 5) is 34.7. The number of fused-ring (bicyclic) bond motifs is 1. The number of H-pyrrole nitrogens is 1. The van der Waals surface area contributed by atoms with Crippen LogP contribution in [0.1, 0.15) is 22.3 Å². The third-order valence-electron chi connectivity index (χ3n) is 5.87. The molecular formula is C24H23ClN4O4. The van der Waals surface area contributed by atoms with Crippen LogP contribution in [0.15, 0.2) is 53.6 Å². The lowest BCUT2D eigenvalue weighted by Crippen LogP contribution is -2.31.